The van der Waals surface area contributed by atoms with Crippen LogP contribution in [0.2, 0.25) is 0 Å². The fraction of sp³-hybridized carbons (Fsp3) is 0.400. The van der Waals surface area contributed by atoms with Gasteiger partial charge in [-0.25, -0.2) is 8.42 Å². The van der Waals surface area contributed by atoms with Crippen LogP contribution in [0.15, 0.2) is 82.1 Å². The Balaban J connectivity index is 1.28. The van der Waals surface area contributed by atoms with E-state index in [2.05, 4.69) is 48.5 Å². The molecule has 2 aliphatic heterocycles. The number of fused-ring (bicyclic) bond motifs is 1. The van der Waals surface area contributed by atoms with Gasteiger partial charge in [0.05, 0.1) is 10.6 Å². The van der Waals surface area contributed by atoms with Crippen molar-refractivity contribution >= 4 is 39.3 Å². The van der Waals surface area contributed by atoms with Crippen LogP contribution in [0.3, 0.4) is 0 Å². The molecule has 6 nitrogen and oxygen atoms in total. The summed E-state index contributed by atoms with van der Waals surface area (Å²) >= 11 is 1.86. The third-order valence-corrected chi connectivity index (χ3v) is 11.2. The molecule has 0 saturated carbocycles. The van der Waals surface area contributed by atoms with Crippen molar-refractivity contribution in [1.29, 1.82) is 0 Å². The molecule has 0 unspecified atom stereocenters. The molecule has 0 aliphatic carbocycles. The summed E-state index contributed by atoms with van der Waals surface area (Å²) in [7, 11) is -1.37. The van der Waals surface area contributed by atoms with E-state index in [1.165, 1.54) is 29.7 Å². The molecule has 0 bridgehead atoms. The molecule has 8 heteroatoms. The van der Waals surface area contributed by atoms with Crippen molar-refractivity contribution in [1.82, 2.24) is 4.90 Å². The average Bonchev–Trinajstić information content (AvgIpc) is 3.16. The molecule has 1 amide bonds. The highest BCUT2D eigenvalue weighted by Crippen LogP contribution is 2.32. The Labute approximate surface area is 260 Å². The summed E-state index contributed by atoms with van der Waals surface area (Å²) in [6.07, 6.45) is 7.68. The summed E-state index contributed by atoms with van der Waals surface area (Å²) in [6.45, 7) is 4.67. The summed E-state index contributed by atoms with van der Waals surface area (Å²) in [5, 5.41) is 2.98. The van der Waals surface area contributed by atoms with Crippen LogP contribution in [0.5, 0.6) is 0 Å². The summed E-state index contributed by atoms with van der Waals surface area (Å²) in [4.78, 5) is 17.2. The first-order valence-electron chi connectivity index (χ1n) is 15.3. The Hall–Kier alpha value is -2.91. The number of carbonyl (C=O) groups is 1. The number of ether oxygens (including phenoxy) is 1. The Kier molecular flexibility index (Phi) is 10.8. The van der Waals surface area contributed by atoms with Gasteiger partial charge >= 0.3 is 0 Å². The molecular formula is C35H42N2O4S2. The molecule has 0 spiro atoms. The van der Waals surface area contributed by atoms with Gasteiger partial charge in [0.2, 0.25) is 0 Å². The molecule has 3 aromatic rings. The number of benzene rings is 3. The van der Waals surface area contributed by atoms with Crippen molar-refractivity contribution in [2.45, 2.75) is 67.8 Å². The summed E-state index contributed by atoms with van der Waals surface area (Å²) < 4.78 is 31.7. The van der Waals surface area contributed by atoms with Crippen molar-refractivity contribution in [3.63, 3.8) is 0 Å². The van der Waals surface area contributed by atoms with Gasteiger partial charge in [-0.3, -0.25) is 9.69 Å². The summed E-state index contributed by atoms with van der Waals surface area (Å²) in [6, 6.07) is 22.3. The predicted octanol–water partition coefficient (Wildman–Crippen LogP) is 7.45. The Morgan fingerprint density at radius 2 is 1.70 bits per heavy atom. The van der Waals surface area contributed by atoms with E-state index in [4.69, 9.17) is 4.74 Å². The molecule has 228 valence electrons. The second-order valence-electron chi connectivity index (χ2n) is 11.5. The number of sulfone groups is 1. The van der Waals surface area contributed by atoms with E-state index in [1.807, 2.05) is 48.2 Å². The lowest BCUT2D eigenvalue weighted by molar-refractivity contribution is -0.112. The number of nitrogens with zero attached hydrogens (tertiary/aromatic N) is 1. The van der Waals surface area contributed by atoms with Crippen LogP contribution in [-0.2, 0) is 25.9 Å². The minimum atomic E-state index is -3.51. The van der Waals surface area contributed by atoms with Crippen molar-refractivity contribution in [3.05, 3.63) is 83.4 Å². The predicted molar refractivity (Wildman–Crippen MR) is 177 cm³/mol. The first-order chi connectivity index (χ1) is 20.8. The Morgan fingerprint density at radius 3 is 2.42 bits per heavy atom. The minimum absolute atomic E-state index is 0.0972. The van der Waals surface area contributed by atoms with Gasteiger partial charge in [-0.15, -0.1) is 11.8 Å². The standard InChI is InChI=1S/C35H42N2O4S2/c1-3-4-5-21-42-33-13-8-27(9-14-33)28-10-15-34-30(23-28)24-29(18-22-43(34,39)40)35(38)36-31-11-6-26(7-12-31)25-37(2)32-16-19-41-20-17-32/h6-15,23-24,32H,3-5,16-22,25H2,1-2H3,(H,36,38). The van der Waals surface area contributed by atoms with Gasteiger partial charge in [0.1, 0.15) is 0 Å². The number of anilines is 1. The van der Waals surface area contributed by atoms with E-state index in [9.17, 15) is 13.2 Å². The van der Waals surface area contributed by atoms with Gasteiger partial charge in [-0.2, -0.15) is 0 Å². The summed E-state index contributed by atoms with van der Waals surface area (Å²) in [5.74, 6) is 0.738. The Morgan fingerprint density at radius 1 is 0.977 bits per heavy atom. The maximum Gasteiger partial charge on any atom is 0.251 e. The molecule has 5 rings (SSSR count). The normalized spacial score (nSPS) is 16.8. The van der Waals surface area contributed by atoms with Crippen LogP contribution in [0.1, 0.15) is 56.6 Å². The third-order valence-electron chi connectivity index (χ3n) is 8.27. The maximum atomic E-state index is 13.3. The van der Waals surface area contributed by atoms with E-state index in [-0.39, 0.29) is 23.0 Å². The average molecular weight is 619 g/mol. The summed E-state index contributed by atoms with van der Waals surface area (Å²) in [5.41, 5.74) is 4.83. The van der Waals surface area contributed by atoms with Crippen LogP contribution in [0.4, 0.5) is 5.69 Å². The number of amides is 1. The number of hydrogen-bond donors (Lipinski definition) is 1. The quantitative estimate of drug-likeness (QED) is 0.178. The Bertz CT molecular complexity index is 1530. The number of thioether (sulfide) groups is 1. The number of unbranched alkanes of at least 4 members (excludes halogenated alkanes) is 2. The van der Waals surface area contributed by atoms with Crippen LogP contribution >= 0.6 is 11.8 Å². The zero-order valence-electron chi connectivity index (χ0n) is 25.2. The number of carbonyl (C=O) groups excluding carboxylic acids is 1. The molecule has 0 aromatic heterocycles. The van der Waals surface area contributed by atoms with Gasteiger partial charge in [-0.05, 0) is 103 Å². The van der Waals surface area contributed by atoms with Crippen molar-refractivity contribution < 1.29 is 17.9 Å². The van der Waals surface area contributed by atoms with Gasteiger partial charge in [-0.1, -0.05) is 50.1 Å². The number of nitrogens with one attached hydrogen (secondary N) is 1. The van der Waals surface area contributed by atoms with Crippen molar-refractivity contribution in [3.8, 4) is 11.1 Å². The fourth-order valence-corrected chi connectivity index (χ4v) is 8.02. The molecule has 0 radical (unpaired) electrons. The molecule has 1 saturated heterocycles. The van der Waals surface area contributed by atoms with Crippen LogP contribution in [-0.4, -0.2) is 57.0 Å². The highest BCUT2D eigenvalue weighted by Gasteiger charge is 2.25. The molecule has 1 fully saturated rings. The highest BCUT2D eigenvalue weighted by atomic mass is 32.2. The van der Waals surface area contributed by atoms with E-state index in [1.54, 1.807) is 12.1 Å². The molecule has 2 aliphatic rings. The van der Waals surface area contributed by atoms with Crippen molar-refractivity contribution in [2.24, 2.45) is 0 Å². The smallest absolute Gasteiger partial charge is 0.251 e. The van der Waals surface area contributed by atoms with Crippen LogP contribution in [0.25, 0.3) is 17.2 Å². The van der Waals surface area contributed by atoms with Gasteiger partial charge < -0.3 is 10.1 Å². The maximum absolute atomic E-state index is 13.3. The second-order valence-corrected chi connectivity index (χ2v) is 14.7. The fourth-order valence-electron chi connectivity index (χ4n) is 5.65. The van der Waals surface area contributed by atoms with Gasteiger partial charge in [0.15, 0.2) is 9.84 Å². The van der Waals surface area contributed by atoms with Crippen molar-refractivity contribution in [2.75, 3.05) is 37.1 Å². The third kappa shape index (κ3) is 8.38. The van der Waals surface area contributed by atoms with E-state index < -0.39 is 9.84 Å². The first kappa shape index (κ1) is 31.5. The molecule has 2 heterocycles. The topological polar surface area (TPSA) is 75.7 Å². The largest absolute Gasteiger partial charge is 0.381 e. The molecule has 1 N–H and O–H groups in total. The van der Waals surface area contributed by atoms with Gasteiger partial charge in [0, 0.05) is 42.0 Å². The number of hydrogen-bond acceptors (Lipinski definition) is 6. The minimum Gasteiger partial charge on any atom is -0.381 e. The molecule has 3 aromatic carbocycles. The lowest BCUT2D eigenvalue weighted by Crippen LogP contribution is -2.36. The highest BCUT2D eigenvalue weighted by molar-refractivity contribution is 7.99. The first-order valence-corrected chi connectivity index (χ1v) is 17.9. The monoisotopic (exact) mass is 618 g/mol. The van der Waals surface area contributed by atoms with Crippen LogP contribution < -0.4 is 5.32 Å². The lowest BCUT2D eigenvalue weighted by Gasteiger charge is -2.31. The molecule has 0 atom stereocenters. The number of rotatable bonds is 11. The molecular weight excluding hydrogens is 577 g/mol. The van der Waals surface area contributed by atoms with Gasteiger partial charge in [0.25, 0.3) is 5.91 Å². The van der Waals surface area contributed by atoms with E-state index in [0.29, 0.717) is 22.9 Å². The lowest BCUT2D eigenvalue weighted by atomic mass is 10.0. The van der Waals surface area contributed by atoms with E-state index in [0.717, 1.165) is 49.5 Å². The molecule has 43 heavy (non-hydrogen) atoms. The van der Waals surface area contributed by atoms with Crippen LogP contribution in [0, 0.1) is 0 Å². The SMILES string of the molecule is CCCCCSc1ccc(-c2ccc3c(c2)C=C(C(=O)Nc2ccc(CN(C)C4CCOCC4)cc2)CCS3(=O)=O)cc1. The zero-order chi connectivity index (χ0) is 30.2. The second kappa shape index (κ2) is 14.7. The zero-order valence-corrected chi connectivity index (χ0v) is 26.8. The van der Waals surface area contributed by atoms with E-state index >= 15 is 0 Å².